The van der Waals surface area contributed by atoms with Gasteiger partial charge < -0.3 is 28.3 Å². The first-order valence-electron chi connectivity index (χ1n) is 8.83. The molecule has 1 saturated heterocycles. The third-order valence-electron chi connectivity index (χ3n) is 5.35. The van der Waals surface area contributed by atoms with Gasteiger partial charge in [0.2, 0.25) is 5.75 Å². The molecule has 27 heavy (non-hydrogen) atoms. The van der Waals surface area contributed by atoms with Crippen LogP contribution in [0.5, 0.6) is 17.2 Å². The van der Waals surface area contributed by atoms with Crippen molar-refractivity contribution in [3.05, 3.63) is 17.7 Å². The first kappa shape index (κ1) is 21.4. The van der Waals surface area contributed by atoms with Crippen LogP contribution in [0.3, 0.4) is 0 Å². The fourth-order valence-corrected chi connectivity index (χ4v) is 3.08. The lowest BCUT2D eigenvalue weighted by Gasteiger charge is -2.32. The van der Waals surface area contributed by atoms with Crippen molar-refractivity contribution >= 4 is 13.1 Å². The largest absolute Gasteiger partial charge is 0.493 e. The van der Waals surface area contributed by atoms with Crippen molar-refractivity contribution in [3.8, 4) is 17.2 Å². The van der Waals surface area contributed by atoms with E-state index in [1.54, 1.807) is 20.3 Å². The number of methoxy groups -OCH3 is 4. The molecule has 1 aliphatic rings. The topological polar surface area (TPSA) is 72.5 Å². The molecule has 8 heteroatoms. The number of benzene rings is 1. The molecule has 1 aliphatic heterocycles. The first-order chi connectivity index (χ1) is 12.6. The van der Waals surface area contributed by atoms with Crippen LogP contribution in [0, 0.1) is 0 Å². The molecule has 0 amide bonds. The molecule has 1 unspecified atom stereocenters. The van der Waals surface area contributed by atoms with E-state index in [0.717, 1.165) is 5.56 Å². The van der Waals surface area contributed by atoms with E-state index in [4.69, 9.17) is 28.3 Å². The van der Waals surface area contributed by atoms with E-state index in [2.05, 4.69) is 0 Å². The molecule has 1 atom stereocenters. The Balaban J connectivity index is 2.54. The second-order valence-electron chi connectivity index (χ2n) is 7.44. The standard InChI is InChI=1S/C19H29BO7/c1-18(2)19(3,4)27-20(26-18)13(11-15(21)23-6)12-9-10-14(22-5)17(25-8)16(12)24-7/h9-10,13H,11H2,1-8H3. The Bertz CT molecular complexity index is 671. The van der Waals surface area contributed by atoms with Crippen molar-refractivity contribution in [1.29, 1.82) is 0 Å². The molecule has 0 aromatic heterocycles. The number of hydrogen-bond donors (Lipinski definition) is 0. The fourth-order valence-electron chi connectivity index (χ4n) is 3.08. The Hall–Kier alpha value is -1.93. The number of carbonyl (C=O) groups excluding carboxylic acids is 1. The molecule has 0 N–H and O–H groups in total. The first-order valence-corrected chi connectivity index (χ1v) is 8.83. The number of ether oxygens (including phenoxy) is 4. The summed E-state index contributed by atoms with van der Waals surface area (Å²) < 4.78 is 33.7. The van der Waals surface area contributed by atoms with E-state index >= 15 is 0 Å². The lowest BCUT2D eigenvalue weighted by Crippen LogP contribution is -2.41. The minimum absolute atomic E-state index is 0.0686. The van der Waals surface area contributed by atoms with Gasteiger partial charge in [0.05, 0.1) is 46.1 Å². The minimum Gasteiger partial charge on any atom is -0.493 e. The highest BCUT2D eigenvalue weighted by Crippen LogP contribution is 2.47. The molecule has 150 valence electrons. The van der Waals surface area contributed by atoms with E-state index in [1.165, 1.54) is 14.2 Å². The molecule has 7 nitrogen and oxygen atoms in total. The summed E-state index contributed by atoms with van der Waals surface area (Å²) in [5, 5.41) is 0. The molecular formula is C19H29BO7. The number of carbonyl (C=O) groups is 1. The Kier molecular flexibility index (Phi) is 6.32. The third-order valence-corrected chi connectivity index (χ3v) is 5.35. The van der Waals surface area contributed by atoms with Crippen molar-refractivity contribution in [2.24, 2.45) is 0 Å². The second kappa shape index (κ2) is 7.98. The van der Waals surface area contributed by atoms with Gasteiger partial charge in [-0.2, -0.15) is 0 Å². The summed E-state index contributed by atoms with van der Waals surface area (Å²) in [5.41, 5.74) is -0.342. The van der Waals surface area contributed by atoms with Gasteiger partial charge in [-0.3, -0.25) is 4.79 Å². The van der Waals surface area contributed by atoms with Crippen molar-refractivity contribution < 1.29 is 33.1 Å². The highest BCUT2D eigenvalue weighted by atomic mass is 16.7. The van der Waals surface area contributed by atoms with Crippen LogP contribution in [0.4, 0.5) is 0 Å². The van der Waals surface area contributed by atoms with Gasteiger partial charge in [0, 0.05) is 5.82 Å². The Labute approximate surface area is 161 Å². The Morgan fingerprint density at radius 3 is 1.96 bits per heavy atom. The molecule has 1 fully saturated rings. The Morgan fingerprint density at radius 1 is 0.963 bits per heavy atom. The molecule has 1 aromatic rings. The highest BCUT2D eigenvalue weighted by molar-refractivity contribution is 6.48. The third kappa shape index (κ3) is 4.01. The van der Waals surface area contributed by atoms with Gasteiger partial charge in [0.25, 0.3) is 0 Å². The highest BCUT2D eigenvalue weighted by Gasteiger charge is 2.55. The number of rotatable bonds is 7. The summed E-state index contributed by atoms with van der Waals surface area (Å²) in [7, 11) is 5.34. The summed E-state index contributed by atoms with van der Waals surface area (Å²) in [5.74, 6) is 0.632. The summed E-state index contributed by atoms with van der Waals surface area (Å²) in [6.45, 7) is 7.87. The lowest BCUT2D eigenvalue weighted by molar-refractivity contribution is -0.140. The maximum Gasteiger partial charge on any atom is 0.466 e. The average Bonchev–Trinajstić information content (AvgIpc) is 2.85. The minimum atomic E-state index is -0.652. The molecule has 0 bridgehead atoms. The van der Waals surface area contributed by atoms with E-state index in [-0.39, 0.29) is 12.4 Å². The second-order valence-corrected chi connectivity index (χ2v) is 7.44. The lowest BCUT2D eigenvalue weighted by atomic mass is 9.66. The summed E-state index contributed by atoms with van der Waals surface area (Å²) in [6.07, 6.45) is 0.0686. The number of hydrogen-bond acceptors (Lipinski definition) is 7. The van der Waals surface area contributed by atoms with Crippen molar-refractivity contribution in [3.63, 3.8) is 0 Å². The van der Waals surface area contributed by atoms with Gasteiger partial charge in [0.15, 0.2) is 11.5 Å². The molecule has 0 spiro atoms. The zero-order chi connectivity index (χ0) is 20.4. The maximum atomic E-state index is 12.1. The fraction of sp³-hybridized carbons (Fsp3) is 0.632. The molecular weight excluding hydrogens is 351 g/mol. The molecule has 0 radical (unpaired) electrons. The zero-order valence-corrected chi connectivity index (χ0v) is 17.4. The molecule has 0 saturated carbocycles. The van der Waals surface area contributed by atoms with Gasteiger partial charge >= 0.3 is 13.1 Å². The van der Waals surface area contributed by atoms with Crippen molar-refractivity contribution in [2.45, 2.75) is 51.1 Å². The van der Waals surface area contributed by atoms with Crippen LogP contribution in [-0.4, -0.2) is 52.7 Å². The summed E-state index contributed by atoms with van der Waals surface area (Å²) >= 11 is 0. The SMILES string of the molecule is COC(=O)CC(B1OC(C)(C)C(C)(C)O1)c1ccc(OC)c(OC)c1OC. The van der Waals surface area contributed by atoms with Crippen LogP contribution in [-0.2, 0) is 18.8 Å². The van der Waals surface area contributed by atoms with Gasteiger partial charge in [-0.25, -0.2) is 0 Å². The molecule has 1 aromatic carbocycles. The predicted octanol–water partition coefficient (Wildman–Crippen LogP) is 2.99. The van der Waals surface area contributed by atoms with Crippen LogP contribution < -0.4 is 14.2 Å². The smallest absolute Gasteiger partial charge is 0.466 e. The normalized spacial score (nSPS) is 18.7. The zero-order valence-electron chi connectivity index (χ0n) is 17.4. The van der Waals surface area contributed by atoms with Gasteiger partial charge in [-0.05, 0) is 39.3 Å². The van der Waals surface area contributed by atoms with Crippen LogP contribution in [0.1, 0.15) is 45.5 Å². The predicted molar refractivity (Wildman–Crippen MR) is 102 cm³/mol. The Morgan fingerprint density at radius 2 is 1.52 bits per heavy atom. The van der Waals surface area contributed by atoms with E-state index < -0.39 is 24.1 Å². The summed E-state index contributed by atoms with van der Waals surface area (Å²) in [4.78, 5) is 12.1. The van der Waals surface area contributed by atoms with E-state index in [0.29, 0.717) is 17.2 Å². The van der Waals surface area contributed by atoms with Crippen molar-refractivity contribution in [2.75, 3.05) is 28.4 Å². The molecule has 0 aliphatic carbocycles. The van der Waals surface area contributed by atoms with Gasteiger partial charge in [0.1, 0.15) is 0 Å². The van der Waals surface area contributed by atoms with E-state index in [1.807, 2.05) is 33.8 Å². The van der Waals surface area contributed by atoms with Gasteiger partial charge in [-0.1, -0.05) is 6.07 Å². The van der Waals surface area contributed by atoms with E-state index in [9.17, 15) is 4.79 Å². The molecule has 1 heterocycles. The number of esters is 1. The van der Waals surface area contributed by atoms with Crippen molar-refractivity contribution in [1.82, 2.24) is 0 Å². The van der Waals surface area contributed by atoms with Crippen LogP contribution in [0.25, 0.3) is 0 Å². The summed E-state index contributed by atoms with van der Waals surface area (Å²) in [6, 6.07) is 3.60. The van der Waals surface area contributed by atoms with Crippen LogP contribution in [0.2, 0.25) is 0 Å². The average molecular weight is 380 g/mol. The molecule has 2 rings (SSSR count). The quantitative estimate of drug-likeness (QED) is 0.532. The maximum absolute atomic E-state index is 12.1. The van der Waals surface area contributed by atoms with Gasteiger partial charge in [-0.15, -0.1) is 0 Å². The van der Waals surface area contributed by atoms with Crippen LogP contribution >= 0.6 is 0 Å². The van der Waals surface area contributed by atoms with Crippen LogP contribution in [0.15, 0.2) is 12.1 Å². The monoisotopic (exact) mass is 380 g/mol.